The van der Waals surface area contributed by atoms with Crippen LogP contribution in [0.5, 0.6) is 0 Å². The Morgan fingerprint density at radius 1 is 0.600 bits per heavy atom. The molecule has 2 aliphatic carbocycles. The second-order valence-corrected chi connectivity index (χ2v) is 17.3. The monoisotopic (exact) mass is 396 g/mol. The fourth-order valence-electron chi connectivity index (χ4n) is 3.60. The normalized spacial score (nSPS) is 42.3. The van der Waals surface area contributed by atoms with Gasteiger partial charge in [-0.3, -0.25) is 0 Å². The van der Waals surface area contributed by atoms with Gasteiger partial charge >= 0.3 is 108 Å². The maximum absolute atomic E-state index is 2.45. The molecule has 0 saturated heterocycles. The van der Waals surface area contributed by atoms with Crippen LogP contribution in [-0.2, 0) is 24.6 Å². The summed E-state index contributed by atoms with van der Waals surface area (Å²) in [6.07, 6.45) is 12.8. The molecule has 0 bridgehead atoms. The zero-order chi connectivity index (χ0) is 10.7. The maximum atomic E-state index is 2.45. The van der Waals surface area contributed by atoms with Gasteiger partial charge < -0.3 is 0 Å². The second-order valence-electron chi connectivity index (χ2n) is 6.49. The van der Waals surface area contributed by atoms with E-state index in [0.29, 0.717) is 0 Å². The molecule has 0 aromatic heterocycles. The van der Waals surface area contributed by atoms with Gasteiger partial charge in [0, 0.05) is 0 Å². The molecule has 1 heteroatoms. The zero-order valence-electron chi connectivity index (χ0n) is 10.7. The molecule has 0 aromatic carbocycles. The van der Waals surface area contributed by atoms with Gasteiger partial charge in [0.25, 0.3) is 0 Å². The van der Waals surface area contributed by atoms with Crippen LogP contribution < -0.4 is 0 Å². The molecule has 0 N–H and O–H groups in total. The standard InChI is InChI=1S/2C7H13.Hg/c2*1-7-5-3-2-4-6-7;/h2*2,7H,3-6H2,1H3;. The first-order valence-electron chi connectivity index (χ1n) is 7.24. The average molecular weight is 395 g/mol. The van der Waals surface area contributed by atoms with Crippen LogP contribution in [0.25, 0.3) is 0 Å². The van der Waals surface area contributed by atoms with E-state index in [2.05, 4.69) is 13.8 Å². The molecule has 0 spiro atoms. The molecule has 2 rings (SSSR count). The van der Waals surface area contributed by atoms with Gasteiger partial charge in [0.2, 0.25) is 0 Å². The Kier molecular flexibility index (Phi) is 4.98. The van der Waals surface area contributed by atoms with Crippen LogP contribution in [0.1, 0.15) is 65.2 Å². The van der Waals surface area contributed by atoms with Crippen molar-refractivity contribution in [3.63, 3.8) is 0 Å². The molecule has 2 aliphatic rings. The van der Waals surface area contributed by atoms with Gasteiger partial charge in [-0.25, -0.2) is 0 Å². The van der Waals surface area contributed by atoms with E-state index in [1.54, 1.807) is 51.4 Å². The Morgan fingerprint density at radius 3 is 1.27 bits per heavy atom. The third kappa shape index (κ3) is 4.02. The number of hydrogen-bond acceptors (Lipinski definition) is 0. The van der Waals surface area contributed by atoms with Crippen molar-refractivity contribution in [1.82, 2.24) is 0 Å². The van der Waals surface area contributed by atoms with Crippen LogP contribution in [0.3, 0.4) is 0 Å². The summed E-state index contributed by atoms with van der Waals surface area (Å²) in [4.78, 5) is 0. The van der Waals surface area contributed by atoms with Gasteiger partial charge in [-0.05, 0) is 0 Å². The molecule has 84 valence electrons. The molecule has 0 heterocycles. The van der Waals surface area contributed by atoms with E-state index in [-0.39, 0.29) is 0 Å². The SMILES string of the molecule is CC1CC[CH]([Hg][CH]2CCC(C)CC2)CC1. The molecule has 0 unspecified atom stereocenters. The van der Waals surface area contributed by atoms with Crippen LogP contribution >= 0.6 is 0 Å². The Morgan fingerprint density at radius 2 is 0.933 bits per heavy atom. The van der Waals surface area contributed by atoms with Crippen LogP contribution in [-0.4, -0.2) is 0 Å². The molecule has 0 nitrogen and oxygen atoms in total. The van der Waals surface area contributed by atoms with E-state index in [0.717, 1.165) is 11.8 Å². The topological polar surface area (TPSA) is 0 Å². The van der Waals surface area contributed by atoms with Crippen LogP contribution in [0, 0.1) is 11.8 Å². The van der Waals surface area contributed by atoms with Gasteiger partial charge in [-0.2, -0.15) is 0 Å². The van der Waals surface area contributed by atoms with Crippen LogP contribution in [0.4, 0.5) is 0 Å². The summed E-state index contributed by atoms with van der Waals surface area (Å²) in [5.41, 5.74) is 0. The first-order chi connectivity index (χ1) is 7.24. The van der Waals surface area contributed by atoms with Crippen molar-refractivity contribution >= 4 is 0 Å². The third-order valence-electron chi connectivity index (χ3n) is 4.94. The van der Waals surface area contributed by atoms with E-state index in [4.69, 9.17) is 0 Å². The van der Waals surface area contributed by atoms with Gasteiger partial charge in [-0.1, -0.05) is 0 Å². The van der Waals surface area contributed by atoms with Crippen molar-refractivity contribution in [2.45, 2.75) is 72.1 Å². The summed E-state index contributed by atoms with van der Waals surface area (Å²) in [5.74, 6) is 2.11. The summed E-state index contributed by atoms with van der Waals surface area (Å²) in [6, 6.07) is 0. The molecule has 0 atom stereocenters. The first kappa shape index (κ1) is 12.4. The van der Waals surface area contributed by atoms with E-state index >= 15 is 0 Å². The van der Waals surface area contributed by atoms with E-state index in [1.807, 2.05) is 0 Å². The number of rotatable bonds is 2. The van der Waals surface area contributed by atoms with Gasteiger partial charge in [0.1, 0.15) is 0 Å². The van der Waals surface area contributed by atoms with Crippen LogP contribution in [0.2, 0.25) is 6.85 Å². The van der Waals surface area contributed by atoms with Crippen LogP contribution in [0.15, 0.2) is 0 Å². The summed E-state index contributed by atoms with van der Waals surface area (Å²) in [6.45, 7) is 4.91. The number of hydrogen-bond donors (Lipinski definition) is 0. The van der Waals surface area contributed by atoms with E-state index in [9.17, 15) is 0 Å². The fourth-order valence-corrected chi connectivity index (χ4v) is 14.6. The van der Waals surface area contributed by atoms with Crippen molar-refractivity contribution < 1.29 is 24.6 Å². The minimum atomic E-state index is -0.502. The molecule has 0 aliphatic heterocycles. The predicted octanol–water partition coefficient (Wildman–Crippen LogP) is 5.07. The van der Waals surface area contributed by atoms with E-state index in [1.165, 1.54) is 6.85 Å². The van der Waals surface area contributed by atoms with Crippen molar-refractivity contribution in [3.05, 3.63) is 0 Å². The molecular formula is C14H26Hg. The Bertz CT molecular complexity index is 154. The molecule has 2 saturated carbocycles. The molecule has 0 amide bonds. The zero-order valence-corrected chi connectivity index (χ0v) is 16.2. The van der Waals surface area contributed by atoms with Gasteiger partial charge in [0.05, 0.1) is 0 Å². The second kappa shape index (κ2) is 6.03. The Balaban J connectivity index is 1.68. The van der Waals surface area contributed by atoms with Gasteiger partial charge in [0.15, 0.2) is 0 Å². The molecule has 0 radical (unpaired) electrons. The summed E-state index contributed by atoms with van der Waals surface area (Å²) >= 11 is -0.502. The van der Waals surface area contributed by atoms with Crippen molar-refractivity contribution in [2.75, 3.05) is 0 Å². The van der Waals surface area contributed by atoms with Gasteiger partial charge in [-0.15, -0.1) is 0 Å². The Hall–Kier alpha value is 0.935. The molecular weight excluding hydrogens is 369 g/mol. The predicted molar refractivity (Wildman–Crippen MR) is 62.8 cm³/mol. The quantitative estimate of drug-likeness (QED) is 0.574. The fraction of sp³-hybridized carbons (Fsp3) is 1.00. The van der Waals surface area contributed by atoms with Crippen molar-refractivity contribution in [2.24, 2.45) is 11.8 Å². The minimum absolute atomic E-state index is 0.502. The molecule has 2 fully saturated rings. The average Bonchev–Trinajstić information content (AvgIpc) is 2.25. The van der Waals surface area contributed by atoms with E-state index < -0.39 is 24.6 Å². The first-order valence-corrected chi connectivity index (χ1v) is 13.6. The summed E-state index contributed by atoms with van der Waals surface area (Å²) in [7, 11) is 0. The molecule has 15 heavy (non-hydrogen) atoms. The summed E-state index contributed by atoms with van der Waals surface area (Å²) < 4.78 is 2.64. The third-order valence-corrected chi connectivity index (χ3v) is 16.5. The molecule has 0 aromatic rings. The summed E-state index contributed by atoms with van der Waals surface area (Å²) in [5, 5.41) is 0. The van der Waals surface area contributed by atoms with Crippen molar-refractivity contribution in [1.29, 1.82) is 0 Å². The Labute approximate surface area is 108 Å². The van der Waals surface area contributed by atoms with Crippen molar-refractivity contribution in [3.8, 4) is 0 Å².